The molecule has 0 heterocycles. The lowest BCUT2D eigenvalue weighted by Gasteiger charge is -2.24. The first-order valence-electron chi connectivity index (χ1n) is 9.32. The van der Waals surface area contributed by atoms with Crippen LogP contribution in [0.4, 0.5) is 11.4 Å². The van der Waals surface area contributed by atoms with E-state index in [1.807, 2.05) is 31.1 Å². The standard InChI is InChI=1S/C19H31N3O3S/c1-21(2)17-10-12-18(13-11-17)22(26(3,24)25)15-14-19(23)20-16-8-6-4-5-7-9-16/h10-13,16H,4-9,14-15H2,1-3H3,(H,20,23). The molecule has 1 aliphatic carbocycles. The van der Waals surface area contributed by atoms with Crippen LogP contribution < -0.4 is 14.5 Å². The lowest BCUT2D eigenvalue weighted by Crippen LogP contribution is -2.38. The van der Waals surface area contributed by atoms with Gasteiger partial charge in [-0.25, -0.2) is 8.42 Å². The molecular formula is C19H31N3O3S. The molecule has 1 saturated carbocycles. The average molecular weight is 382 g/mol. The molecule has 1 aliphatic rings. The summed E-state index contributed by atoms with van der Waals surface area (Å²) < 4.78 is 25.7. The second-order valence-electron chi connectivity index (χ2n) is 7.25. The molecule has 146 valence electrons. The average Bonchev–Trinajstić information content (AvgIpc) is 2.83. The number of benzene rings is 1. The quantitative estimate of drug-likeness (QED) is 0.738. The van der Waals surface area contributed by atoms with Crippen LogP contribution in [0.5, 0.6) is 0 Å². The molecule has 2 rings (SSSR count). The summed E-state index contributed by atoms with van der Waals surface area (Å²) in [5.41, 5.74) is 1.58. The van der Waals surface area contributed by atoms with Gasteiger partial charge in [-0.3, -0.25) is 9.10 Å². The van der Waals surface area contributed by atoms with Crippen molar-refractivity contribution in [3.63, 3.8) is 0 Å². The molecule has 0 unspecified atom stereocenters. The van der Waals surface area contributed by atoms with Crippen molar-refractivity contribution in [2.45, 2.75) is 51.0 Å². The third-order valence-corrected chi connectivity index (χ3v) is 6.01. The molecule has 0 atom stereocenters. The summed E-state index contributed by atoms with van der Waals surface area (Å²) in [6.45, 7) is 0.151. The van der Waals surface area contributed by atoms with Gasteiger partial charge in [0.05, 0.1) is 11.9 Å². The number of carbonyl (C=O) groups excluding carboxylic acids is 1. The number of amides is 1. The van der Waals surface area contributed by atoms with Gasteiger partial charge in [0.2, 0.25) is 15.9 Å². The summed E-state index contributed by atoms with van der Waals surface area (Å²) in [5, 5.41) is 3.07. The highest BCUT2D eigenvalue weighted by molar-refractivity contribution is 7.92. The molecule has 0 radical (unpaired) electrons. The largest absolute Gasteiger partial charge is 0.378 e. The van der Waals surface area contributed by atoms with Gasteiger partial charge < -0.3 is 10.2 Å². The second kappa shape index (κ2) is 9.26. The van der Waals surface area contributed by atoms with Crippen LogP contribution in [0.25, 0.3) is 0 Å². The molecular weight excluding hydrogens is 350 g/mol. The maximum atomic E-state index is 12.3. The van der Waals surface area contributed by atoms with Crippen molar-refractivity contribution in [2.24, 2.45) is 0 Å². The highest BCUT2D eigenvalue weighted by atomic mass is 32.2. The van der Waals surface area contributed by atoms with Crippen LogP contribution in [0.15, 0.2) is 24.3 Å². The summed E-state index contributed by atoms with van der Waals surface area (Å²) in [7, 11) is 0.418. The van der Waals surface area contributed by atoms with Gasteiger partial charge in [0.15, 0.2) is 0 Å². The second-order valence-corrected chi connectivity index (χ2v) is 9.16. The Balaban J connectivity index is 1.98. The Morgan fingerprint density at radius 2 is 1.58 bits per heavy atom. The molecule has 6 nitrogen and oxygen atoms in total. The predicted octanol–water partition coefficient (Wildman–Crippen LogP) is 2.75. The van der Waals surface area contributed by atoms with E-state index in [1.165, 1.54) is 23.4 Å². The molecule has 7 heteroatoms. The molecule has 0 aliphatic heterocycles. The molecule has 1 aromatic carbocycles. The van der Waals surface area contributed by atoms with E-state index in [-0.39, 0.29) is 24.9 Å². The van der Waals surface area contributed by atoms with Gasteiger partial charge in [0.25, 0.3) is 0 Å². The molecule has 1 fully saturated rings. The molecule has 26 heavy (non-hydrogen) atoms. The number of anilines is 2. The first kappa shape index (κ1) is 20.6. The number of sulfonamides is 1. The zero-order valence-electron chi connectivity index (χ0n) is 16.1. The summed E-state index contributed by atoms with van der Waals surface area (Å²) in [5.74, 6) is -0.0736. The summed E-state index contributed by atoms with van der Waals surface area (Å²) in [6, 6.07) is 7.54. The highest BCUT2D eigenvalue weighted by Crippen LogP contribution is 2.22. The maximum absolute atomic E-state index is 12.3. The molecule has 0 spiro atoms. The summed E-state index contributed by atoms with van der Waals surface area (Å²) in [6.07, 6.45) is 8.15. The molecule has 0 saturated heterocycles. The van der Waals surface area contributed by atoms with Crippen molar-refractivity contribution in [1.29, 1.82) is 0 Å². The molecule has 0 aromatic heterocycles. The third kappa shape index (κ3) is 6.20. The Kier molecular flexibility index (Phi) is 7.32. The maximum Gasteiger partial charge on any atom is 0.232 e. The normalized spacial score (nSPS) is 16.0. The van der Waals surface area contributed by atoms with Crippen molar-refractivity contribution in [3.05, 3.63) is 24.3 Å². The highest BCUT2D eigenvalue weighted by Gasteiger charge is 2.20. The number of rotatable bonds is 7. The fourth-order valence-corrected chi connectivity index (χ4v) is 4.26. The van der Waals surface area contributed by atoms with E-state index in [9.17, 15) is 13.2 Å². The number of hydrogen-bond acceptors (Lipinski definition) is 4. The number of carbonyl (C=O) groups is 1. The Morgan fingerprint density at radius 3 is 2.08 bits per heavy atom. The molecule has 0 bridgehead atoms. The minimum absolute atomic E-state index is 0.0736. The van der Waals surface area contributed by atoms with Crippen LogP contribution in [0, 0.1) is 0 Å². The van der Waals surface area contributed by atoms with E-state index in [0.717, 1.165) is 31.4 Å². The van der Waals surface area contributed by atoms with Gasteiger partial charge in [-0.2, -0.15) is 0 Å². The molecule has 1 aromatic rings. The van der Waals surface area contributed by atoms with E-state index in [2.05, 4.69) is 5.32 Å². The van der Waals surface area contributed by atoms with Gasteiger partial charge in [-0.1, -0.05) is 25.7 Å². The zero-order valence-corrected chi connectivity index (χ0v) is 16.9. The predicted molar refractivity (Wildman–Crippen MR) is 107 cm³/mol. The first-order valence-corrected chi connectivity index (χ1v) is 11.2. The summed E-state index contributed by atoms with van der Waals surface area (Å²) in [4.78, 5) is 14.2. The Morgan fingerprint density at radius 1 is 1.04 bits per heavy atom. The van der Waals surface area contributed by atoms with Gasteiger partial charge in [-0.15, -0.1) is 0 Å². The van der Waals surface area contributed by atoms with Crippen LogP contribution in [0.1, 0.15) is 44.9 Å². The molecule has 1 N–H and O–H groups in total. The van der Waals surface area contributed by atoms with Gasteiger partial charge in [-0.05, 0) is 37.1 Å². The van der Waals surface area contributed by atoms with Crippen LogP contribution >= 0.6 is 0 Å². The van der Waals surface area contributed by atoms with Crippen LogP contribution in [0.3, 0.4) is 0 Å². The van der Waals surface area contributed by atoms with E-state index in [4.69, 9.17) is 0 Å². The number of nitrogens with zero attached hydrogens (tertiary/aromatic N) is 2. The SMILES string of the molecule is CN(C)c1ccc(N(CCC(=O)NC2CCCCCC2)S(C)(=O)=O)cc1. The van der Waals surface area contributed by atoms with Crippen LogP contribution in [-0.4, -0.2) is 47.3 Å². The van der Waals surface area contributed by atoms with Crippen molar-refractivity contribution < 1.29 is 13.2 Å². The van der Waals surface area contributed by atoms with Crippen molar-refractivity contribution in [1.82, 2.24) is 5.32 Å². The van der Waals surface area contributed by atoms with Crippen molar-refractivity contribution in [2.75, 3.05) is 36.1 Å². The Labute approximate surface area is 157 Å². The summed E-state index contributed by atoms with van der Waals surface area (Å²) >= 11 is 0. The van der Waals surface area contributed by atoms with Crippen LogP contribution in [-0.2, 0) is 14.8 Å². The minimum atomic E-state index is -3.45. The van der Waals surface area contributed by atoms with E-state index in [1.54, 1.807) is 12.1 Å². The van der Waals surface area contributed by atoms with Gasteiger partial charge in [0.1, 0.15) is 0 Å². The lowest BCUT2D eigenvalue weighted by molar-refractivity contribution is -0.121. The van der Waals surface area contributed by atoms with E-state index < -0.39 is 10.0 Å². The lowest BCUT2D eigenvalue weighted by atomic mass is 10.1. The number of nitrogens with one attached hydrogen (secondary N) is 1. The van der Waals surface area contributed by atoms with Crippen molar-refractivity contribution in [3.8, 4) is 0 Å². The van der Waals surface area contributed by atoms with E-state index in [0.29, 0.717) is 5.69 Å². The fourth-order valence-electron chi connectivity index (χ4n) is 3.33. The van der Waals surface area contributed by atoms with Crippen LogP contribution in [0.2, 0.25) is 0 Å². The minimum Gasteiger partial charge on any atom is -0.378 e. The first-order chi connectivity index (χ1) is 12.3. The third-order valence-electron chi connectivity index (χ3n) is 4.82. The van der Waals surface area contributed by atoms with E-state index >= 15 is 0 Å². The Hall–Kier alpha value is -1.76. The number of hydrogen-bond donors (Lipinski definition) is 1. The Bertz CT molecular complexity index is 678. The smallest absolute Gasteiger partial charge is 0.232 e. The monoisotopic (exact) mass is 381 g/mol. The van der Waals surface area contributed by atoms with Gasteiger partial charge >= 0.3 is 0 Å². The molecule has 1 amide bonds. The fraction of sp³-hybridized carbons (Fsp3) is 0.632. The van der Waals surface area contributed by atoms with Gasteiger partial charge in [0, 0.05) is 38.8 Å². The van der Waals surface area contributed by atoms with Crippen molar-refractivity contribution >= 4 is 27.3 Å². The topological polar surface area (TPSA) is 69.7 Å². The zero-order chi connectivity index (χ0) is 19.2.